The van der Waals surface area contributed by atoms with Crippen LogP contribution in [-0.4, -0.2) is 37.2 Å². The molecule has 100 valence electrons. The first-order valence-corrected chi connectivity index (χ1v) is 6.45. The fourth-order valence-electron chi connectivity index (χ4n) is 1.11. The minimum absolute atomic E-state index is 0.409. The van der Waals surface area contributed by atoms with Crippen LogP contribution in [0.15, 0.2) is 23.1 Å². The summed E-state index contributed by atoms with van der Waals surface area (Å²) in [5, 5.41) is 16.9. The second kappa shape index (κ2) is 5.61. The molecule has 0 aliphatic heterocycles. The number of hydrogen-bond acceptors (Lipinski definition) is 4. The SMILES string of the molecule is O=C(O)[C@@H](CO)NS(=O)(=O)c1cccc(Cl)c1F. The number of carboxylic acid groups (broad SMARTS) is 1. The molecule has 6 nitrogen and oxygen atoms in total. The van der Waals surface area contributed by atoms with Crippen molar-refractivity contribution in [2.45, 2.75) is 10.9 Å². The predicted octanol–water partition coefficient (Wildman–Crippen LogP) is 0.203. The number of aliphatic hydroxyl groups is 1. The predicted molar refractivity (Wildman–Crippen MR) is 60.2 cm³/mol. The van der Waals surface area contributed by atoms with Gasteiger partial charge >= 0.3 is 5.97 Å². The van der Waals surface area contributed by atoms with E-state index in [2.05, 4.69) is 0 Å². The number of sulfonamides is 1. The number of benzene rings is 1. The molecule has 0 aliphatic carbocycles. The smallest absolute Gasteiger partial charge is 0.324 e. The van der Waals surface area contributed by atoms with Crippen LogP contribution in [0.5, 0.6) is 0 Å². The Kier molecular flexibility index (Phi) is 4.63. The molecule has 0 saturated heterocycles. The highest BCUT2D eigenvalue weighted by molar-refractivity contribution is 7.89. The van der Waals surface area contributed by atoms with Gasteiger partial charge < -0.3 is 10.2 Å². The van der Waals surface area contributed by atoms with Crippen LogP contribution >= 0.6 is 11.6 Å². The minimum Gasteiger partial charge on any atom is -0.480 e. The van der Waals surface area contributed by atoms with Crippen molar-refractivity contribution in [3.05, 3.63) is 29.0 Å². The van der Waals surface area contributed by atoms with E-state index in [1.165, 1.54) is 6.07 Å². The molecule has 0 unspecified atom stereocenters. The van der Waals surface area contributed by atoms with E-state index in [-0.39, 0.29) is 0 Å². The van der Waals surface area contributed by atoms with Crippen LogP contribution in [0.25, 0.3) is 0 Å². The van der Waals surface area contributed by atoms with Crippen LogP contribution < -0.4 is 4.72 Å². The molecule has 0 radical (unpaired) electrons. The summed E-state index contributed by atoms with van der Waals surface area (Å²) in [6, 6.07) is 1.53. The lowest BCUT2D eigenvalue weighted by molar-refractivity contribution is -0.139. The normalized spacial score (nSPS) is 13.3. The topological polar surface area (TPSA) is 104 Å². The summed E-state index contributed by atoms with van der Waals surface area (Å²) in [5.41, 5.74) is 0. The molecule has 9 heteroatoms. The molecule has 1 aromatic carbocycles. The van der Waals surface area contributed by atoms with Gasteiger partial charge in [-0.2, -0.15) is 4.72 Å². The Balaban J connectivity index is 3.14. The zero-order valence-electron chi connectivity index (χ0n) is 8.80. The van der Waals surface area contributed by atoms with E-state index in [9.17, 15) is 17.6 Å². The minimum atomic E-state index is -4.42. The van der Waals surface area contributed by atoms with Gasteiger partial charge in [-0.3, -0.25) is 4.79 Å². The van der Waals surface area contributed by atoms with Crippen LogP contribution in [0.4, 0.5) is 4.39 Å². The summed E-state index contributed by atoms with van der Waals surface area (Å²) in [6.45, 7) is -0.962. The molecule has 0 saturated carbocycles. The largest absolute Gasteiger partial charge is 0.480 e. The van der Waals surface area contributed by atoms with Gasteiger partial charge in [0.05, 0.1) is 11.6 Å². The third-order valence-electron chi connectivity index (χ3n) is 1.98. The van der Waals surface area contributed by atoms with Gasteiger partial charge in [-0.1, -0.05) is 17.7 Å². The molecule has 0 aromatic heterocycles. The van der Waals surface area contributed by atoms with Crippen LogP contribution in [-0.2, 0) is 14.8 Å². The van der Waals surface area contributed by atoms with E-state index in [1.54, 1.807) is 4.72 Å². The summed E-state index contributed by atoms with van der Waals surface area (Å²) in [4.78, 5) is 9.80. The lowest BCUT2D eigenvalue weighted by Gasteiger charge is -2.12. The highest BCUT2D eigenvalue weighted by atomic mass is 35.5. The van der Waals surface area contributed by atoms with E-state index in [1.807, 2.05) is 0 Å². The molecular formula is C9H9ClFNO5S. The molecule has 1 rings (SSSR count). The average Bonchev–Trinajstić information content (AvgIpc) is 2.29. The third-order valence-corrected chi connectivity index (χ3v) is 3.76. The Bertz CT molecular complexity index is 562. The second-order valence-corrected chi connectivity index (χ2v) is 5.34. The van der Waals surface area contributed by atoms with E-state index >= 15 is 0 Å². The first-order valence-electron chi connectivity index (χ1n) is 4.59. The summed E-state index contributed by atoms with van der Waals surface area (Å²) >= 11 is 5.42. The zero-order chi connectivity index (χ0) is 13.9. The van der Waals surface area contributed by atoms with Gasteiger partial charge in [0.25, 0.3) is 0 Å². The van der Waals surface area contributed by atoms with E-state index < -0.39 is 44.4 Å². The number of aliphatic hydroxyl groups excluding tert-OH is 1. The number of aliphatic carboxylic acids is 1. The van der Waals surface area contributed by atoms with Gasteiger partial charge in [0.2, 0.25) is 10.0 Å². The summed E-state index contributed by atoms with van der Waals surface area (Å²) in [7, 11) is -4.42. The number of carbonyl (C=O) groups is 1. The molecule has 0 aliphatic rings. The first-order chi connectivity index (χ1) is 8.29. The van der Waals surface area contributed by atoms with Crippen molar-refractivity contribution in [2.24, 2.45) is 0 Å². The lowest BCUT2D eigenvalue weighted by Crippen LogP contribution is -2.43. The quantitative estimate of drug-likeness (QED) is 0.720. The van der Waals surface area contributed by atoms with Crippen molar-refractivity contribution >= 4 is 27.6 Å². The van der Waals surface area contributed by atoms with Gasteiger partial charge in [0.1, 0.15) is 10.9 Å². The maximum atomic E-state index is 13.5. The standard InChI is InChI=1S/C9H9ClFNO5S/c10-5-2-1-3-7(8(5)11)18(16,17)12-6(4-13)9(14)15/h1-3,6,12-13H,4H2,(H,14,15)/t6-/m1/s1. The van der Waals surface area contributed by atoms with Crippen LogP contribution in [0, 0.1) is 5.82 Å². The van der Waals surface area contributed by atoms with E-state index in [0.717, 1.165) is 12.1 Å². The summed E-state index contributed by atoms with van der Waals surface area (Å²) in [5.74, 6) is -2.77. The number of nitrogens with one attached hydrogen (secondary N) is 1. The average molecular weight is 298 g/mol. The van der Waals surface area contributed by atoms with E-state index in [0.29, 0.717) is 0 Å². The molecule has 0 amide bonds. The summed E-state index contributed by atoms with van der Waals surface area (Å²) < 4.78 is 38.5. The van der Waals surface area contributed by atoms with Crippen molar-refractivity contribution in [1.29, 1.82) is 0 Å². The molecule has 1 atom stereocenters. The molecule has 0 fully saturated rings. The third kappa shape index (κ3) is 3.16. The van der Waals surface area contributed by atoms with Gasteiger partial charge in [-0.15, -0.1) is 0 Å². The first kappa shape index (κ1) is 14.8. The van der Waals surface area contributed by atoms with E-state index in [4.69, 9.17) is 21.8 Å². The maximum absolute atomic E-state index is 13.5. The Morgan fingerprint density at radius 2 is 2.11 bits per heavy atom. The number of hydrogen-bond donors (Lipinski definition) is 3. The highest BCUT2D eigenvalue weighted by Gasteiger charge is 2.27. The Hall–Kier alpha value is -1.22. The fraction of sp³-hybridized carbons (Fsp3) is 0.222. The van der Waals surface area contributed by atoms with Crippen molar-refractivity contribution in [2.75, 3.05) is 6.61 Å². The van der Waals surface area contributed by atoms with Crippen LogP contribution in [0.2, 0.25) is 5.02 Å². The summed E-state index contributed by atoms with van der Waals surface area (Å²) in [6.07, 6.45) is 0. The molecule has 18 heavy (non-hydrogen) atoms. The van der Waals surface area contributed by atoms with Crippen molar-refractivity contribution in [3.8, 4) is 0 Å². The Morgan fingerprint density at radius 3 is 2.61 bits per heavy atom. The zero-order valence-corrected chi connectivity index (χ0v) is 10.4. The second-order valence-electron chi connectivity index (χ2n) is 3.25. The van der Waals surface area contributed by atoms with Gasteiger partial charge in [-0.25, -0.2) is 12.8 Å². The monoisotopic (exact) mass is 297 g/mol. The molecule has 0 spiro atoms. The van der Waals surface area contributed by atoms with Gasteiger partial charge in [-0.05, 0) is 12.1 Å². The van der Waals surface area contributed by atoms with Gasteiger partial charge in [0, 0.05) is 0 Å². The molecule has 1 aromatic rings. The molecular weight excluding hydrogens is 289 g/mol. The van der Waals surface area contributed by atoms with Gasteiger partial charge in [0.15, 0.2) is 5.82 Å². The van der Waals surface area contributed by atoms with Crippen molar-refractivity contribution in [1.82, 2.24) is 4.72 Å². The maximum Gasteiger partial charge on any atom is 0.324 e. The Labute approximate surface area is 107 Å². The number of rotatable bonds is 5. The molecule has 3 N–H and O–H groups in total. The van der Waals surface area contributed by atoms with Crippen LogP contribution in [0.1, 0.15) is 0 Å². The number of carboxylic acids is 1. The van der Waals surface area contributed by atoms with Crippen molar-refractivity contribution < 1.29 is 27.8 Å². The lowest BCUT2D eigenvalue weighted by atomic mass is 10.3. The molecule has 0 heterocycles. The van der Waals surface area contributed by atoms with Crippen LogP contribution in [0.3, 0.4) is 0 Å². The highest BCUT2D eigenvalue weighted by Crippen LogP contribution is 2.21. The fourth-order valence-corrected chi connectivity index (χ4v) is 2.62. The van der Waals surface area contributed by atoms with Crippen molar-refractivity contribution in [3.63, 3.8) is 0 Å². The number of halogens is 2. The molecule has 0 bridgehead atoms. The Morgan fingerprint density at radius 1 is 1.50 bits per heavy atom.